The van der Waals surface area contributed by atoms with Crippen molar-refractivity contribution < 1.29 is 4.39 Å². The highest BCUT2D eigenvalue weighted by atomic mass is 35.5. The molecule has 0 aliphatic heterocycles. The van der Waals surface area contributed by atoms with Crippen molar-refractivity contribution in [3.63, 3.8) is 0 Å². The largest absolute Gasteiger partial charge is 0.358 e. The zero-order valence-corrected chi connectivity index (χ0v) is 12.6. The van der Waals surface area contributed by atoms with Crippen LogP contribution in [0.25, 0.3) is 32.9 Å². The van der Waals surface area contributed by atoms with Crippen LogP contribution in [0.2, 0.25) is 5.02 Å². The van der Waals surface area contributed by atoms with Gasteiger partial charge in [-0.3, -0.25) is 4.98 Å². The molecule has 108 valence electrons. The molecule has 2 heterocycles. The molecule has 0 aliphatic rings. The van der Waals surface area contributed by atoms with Gasteiger partial charge in [0.05, 0.1) is 5.52 Å². The van der Waals surface area contributed by atoms with Crippen molar-refractivity contribution in [1.82, 2.24) is 9.97 Å². The molecule has 0 saturated heterocycles. The van der Waals surface area contributed by atoms with E-state index in [0.29, 0.717) is 5.02 Å². The number of hydrogen-bond donors (Lipinski definition) is 1. The van der Waals surface area contributed by atoms with E-state index >= 15 is 0 Å². The first-order chi connectivity index (χ1) is 10.6. The number of benzene rings is 2. The molecule has 0 unspecified atom stereocenters. The second kappa shape index (κ2) is 4.82. The molecule has 22 heavy (non-hydrogen) atoms. The van der Waals surface area contributed by atoms with Crippen LogP contribution in [0.1, 0.15) is 5.69 Å². The fourth-order valence-corrected chi connectivity index (χ4v) is 3.15. The molecule has 0 bridgehead atoms. The van der Waals surface area contributed by atoms with Crippen LogP contribution in [0.4, 0.5) is 4.39 Å². The van der Waals surface area contributed by atoms with Gasteiger partial charge in [0, 0.05) is 38.8 Å². The molecule has 4 aromatic rings. The third-order valence-electron chi connectivity index (χ3n) is 3.92. The molecule has 4 rings (SSSR count). The van der Waals surface area contributed by atoms with Crippen molar-refractivity contribution in [3.05, 3.63) is 65.2 Å². The van der Waals surface area contributed by atoms with Gasteiger partial charge in [0.25, 0.3) is 0 Å². The highest BCUT2D eigenvalue weighted by molar-refractivity contribution is 6.31. The topological polar surface area (TPSA) is 28.7 Å². The van der Waals surface area contributed by atoms with Gasteiger partial charge in [0.2, 0.25) is 0 Å². The number of nitrogens with zero attached hydrogens (tertiary/aromatic N) is 1. The number of H-pyrrole nitrogens is 1. The molecule has 0 amide bonds. The molecule has 0 spiro atoms. The minimum Gasteiger partial charge on any atom is -0.358 e. The van der Waals surface area contributed by atoms with Crippen LogP contribution in [0.5, 0.6) is 0 Å². The van der Waals surface area contributed by atoms with Crippen LogP contribution < -0.4 is 0 Å². The lowest BCUT2D eigenvalue weighted by molar-refractivity contribution is 0.630. The third-order valence-corrected chi connectivity index (χ3v) is 4.16. The Morgan fingerprint density at radius 2 is 1.91 bits per heavy atom. The molecule has 4 heteroatoms. The van der Waals surface area contributed by atoms with E-state index in [1.54, 1.807) is 18.3 Å². The minimum atomic E-state index is -0.242. The van der Waals surface area contributed by atoms with Crippen LogP contribution in [-0.2, 0) is 0 Å². The Morgan fingerprint density at radius 1 is 1.05 bits per heavy atom. The van der Waals surface area contributed by atoms with Crippen molar-refractivity contribution in [3.8, 4) is 11.1 Å². The number of aromatic amines is 1. The number of halogens is 2. The zero-order valence-electron chi connectivity index (χ0n) is 11.8. The van der Waals surface area contributed by atoms with Gasteiger partial charge >= 0.3 is 0 Å². The van der Waals surface area contributed by atoms with Crippen LogP contribution in [-0.4, -0.2) is 9.97 Å². The Hall–Kier alpha value is -2.39. The summed E-state index contributed by atoms with van der Waals surface area (Å²) in [5, 5.41) is 2.53. The lowest BCUT2D eigenvalue weighted by Crippen LogP contribution is -1.86. The SMILES string of the molecule is Cc1[nH]c2ccc(F)cc2c1-c1ccnc2cc(Cl)ccc12. The van der Waals surface area contributed by atoms with Gasteiger partial charge in [-0.25, -0.2) is 4.39 Å². The van der Waals surface area contributed by atoms with Gasteiger partial charge in [-0.1, -0.05) is 17.7 Å². The molecule has 0 aliphatic carbocycles. The summed E-state index contributed by atoms with van der Waals surface area (Å²) in [4.78, 5) is 7.69. The van der Waals surface area contributed by atoms with Crippen LogP contribution >= 0.6 is 11.6 Å². The van der Waals surface area contributed by atoms with E-state index in [4.69, 9.17) is 11.6 Å². The summed E-state index contributed by atoms with van der Waals surface area (Å²) in [5.41, 5.74) is 4.78. The smallest absolute Gasteiger partial charge is 0.123 e. The fourth-order valence-electron chi connectivity index (χ4n) is 2.99. The number of fused-ring (bicyclic) bond motifs is 2. The molecule has 0 fully saturated rings. The monoisotopic (exact) mass is 310 g/mol. The summed E-state index contributed by atoms with van der Waals surface area (Å²) in [6.45, 7) is 2.00. The maximum Gasteiger partial charge on any atom is 0.123 e. The Labute approximate surface area is 131 Å². The standard InChI is InChI=1S/C18H12ClFN2/c1-10-18(15-9-12(20)3-5-16(15)22-10)14-6-7-21-17-8-11(19)2-4-13(14)17/h2-9,22H,1H3. The Balaban J connectivity index is 2.11. The quantitative estimate of drug-likeness (QED) is 0.495. The molecule has 2 nitrogen and oxygen atoms in total. The van der Waals surface area contributed by atoms with Gasteiger partial charge in [0.1, 0.15) is 5.82 Å². The van der Waals surface area contributed by atoms with Gasteiger partial charge in [-0.15, -0.1) is 0 Å². The van der Waals surface area contributed by atoms with Crippen LogP contribution in [0.15, 0.2) is 48.7 Å². The van der Waals surface area contributed by atoms with Crippen molar-refractivity contribution in [1.29, 1.82) is 0 Å². The fraction of sp³-hybridized carbons (Fsp3) is 0.0556. The predicted molar refractivity (Wildman–Crippen MR) is 88.7 cm³/mol. The van der Waals surface area contributed by atoms with Gasteiger partial charge < -0.3 is 4.98 Å². The van der Waals surface area contributed by atoms with Gasteiger partial charge in [-0.2, -0.15) is 0 Å². The van der Waals surface area contributed by atoms with Crippen LogP contribution in [0, 0.1) is 12.7 Å². The zero-order chi connectivity index (χ0) is 15.3. The number of aryl methyl sites for hydroxylation is 1. The molecular weight excluding hydrogens is 299 g/mol. The number of aromatic nitrogens is 2. The van der Waals surface area contributed by atoms with Gasteiger partial charge in [0.15, 0.2) is 0 Å². The van der Waals surface area contributed by atoms with E-state index in [1.807, 2.05) is 31.2 Å². The Morgan fingerprint density at radius 3 is 2.77 bits per heavy atom. The number of pyridine rings is 1. The van der Waals surface area contributed by atoms with Gasteiger partial charge in [-0.05, 0) is 48.9 Å². The number of hydrogen-bond acceptors (Lipinski definition) is 1. The summed E-state index contributed by atoms with van der Waals surface area (Å²) in [6.07, 6.45) is 1.76. The van der Waals surface area contributed by atoms with E-state index in [9.17, 15) is 4.39 Å². The Kier molecular flexibility index (Phi) is 2.91. The van der Waals surface area contributed by atoms with E-state index in [1.165, 1.54) is 6.07 Å². The maximum absolute atomic E-state index is 13.7. The Bertz CT molecular complexity index is 1020. The molecule has 2 aromatic carbocycles. The lowest BCUT2D eigenvalue weighted by atomic mass is 9.98. The van der Waals surface area contributed by atoms with E-state index in [-0.39, 0.29) is 5.82 Å². The molecule has 0 radical (unpaired) electrons. The van der Waals surface area contributed by atoms with E-state index in [2.05, 4.69) is 9.97 Å². The second-order valence-electron chi connectivity index (χ2n) is 5.33. The highest BCUT2D eigenvalue weighted by Gasteiger charge is 2.14. The lowest BCUT2D eigenvalue weighted by Gasteiger charge is -2.07. The average molecular weight is 311 g/mol. The summed E-state index contributed by atoms with van der Waals surface area (Å²) in [5.74, 6) is -0.242. The highest BCUT2D eigenvalue weighted by Crippen LogP contribution is 2.36. The van der Waals surface area contributed by atoms with Crippen molar-refractivity contribution in [2.75, 3.05) is 0 Å². The predicted octanol–water partition coefficient (Wildman–Crippen LogP) is 5.48. The summed E-state index contributed by atoms with van der Waals surface area (Å²) < 4.78 is 13.7. The summed E-state index contributed by atoms with van der Waals surface area (Å²) >= 11 is 6.05. The first kappa shape index (κ1) is 13.3. The summed E-state index contributed by atoms with van der Waals surface area (Å²) in [7, 11) is 0. The molecule has 0 atom stereocenters. The van der Waals surface area contributed by atoms with Crippen molar-refractivity contribution >= 4 is 33.4 Å². The average Bonchev–Trinajstić information content (AvgIpc) is 2.81. The van der Waals surface area contributed by atoms with E-state index < -0.39 is 0 Å². The second-order valence-corrected chi connectivity index (χ2v) is 5.77. The first-order valence-electron chi connectivity index (χ1n) is 6.96. The third kappa shape index (κ3) is 1.97. The summed E-state index contributed by atoms with van der Waals surface area (Å²) in [6, 6.07) is 12.4. The van der Waals surface area contributed by atoms with Crippen molar-refractivity contribution in [2.24, 2.45) is 0 Å². The molecule has 1 N–H and O–H groups in total. The first-order valence-corrected chi connectivity index (χ1v) is 7.34. The normalized spacial score (nSPS) is 11.4. The molecular formula is C18H12ClFN2. The van der Waals surface area contributed by atoms with Crippen molar-refractivity contribution in [2.45, 2.75) is 6.92 Å². The maximum atomic E-state index is 13.7. The van der Waals surface area contributed by atoms with Crippen LogP contribution in [0.3, 0.4) is 0 Å². The van der Waals surface area contributed by atoms with E-state index in [0.717, 1.165) is 38.6 Å². The molecule has 2 aromatic heterocycles. The minimum absolute atomic E-state index is 0.242. The number of nitrogens with one attached hydrogen (secondary N) is 1. The molecule has 0 saturated carbocycles. The number of rotatable bonds is 1.